The van der Waals surface area contributed by atoms with Gasteiger partial charge in [0.15, 0.2) is 0 Å². The molecule has 1 N–H and O–H groups in total. The van der Waals surface area contributed by atoms with Gasteiger partial charge < -0.3 is 14.4 Å². The fourth-order valence-electron chi connectivity index (χ4n) is 2.24. The molecule has 1 unspecified atom stereocenters. The number of aryl methyl sites for hydroxylation is 1. The van der Waals surface area contributed by atoms with Crippen LogP contribution in [0.15, 0.2) is 24.3 Å². The number of carbonyl (C=O) groups is 1. The van der Waals surface area contributed by atoms with E-state index < -0.39 is 11.9 Å². The molecule has 0 saturated carbocycles. The monoisotopic (exact) mass is 247 g/mol. The molecule has 2 aromatic rings. The van der Waals surface area contributed by atoms with Gasteiger partial charge in [0.05, 0.1) is 13.0 Å². The third-order valence-electron chi connectivity index (χ3n) is 3.27. The highest BCUT2D eigenvalue weighted by Crippen LogP contribution is 2.28. The van der Waals surface area contributed by atoms with E-state index in [1.807, 2.05) is 35.8 Å². The summed E-state index contributed by atoms with van der Waals surface area (Å²) in [6.45, 7) is 4.48. The fraction of sp³-hybridized carbons (Fsp3) is 0.357. The molecule has 0 spiro atoms. The molecular formula is C14H17NO3. The standard InChI is InChI=1S/C14H17NO3/c1-4-15-12-6-5-11(18-3)7-10(12)8-13(15)9(2)14(16)17/h5-9H,4H2,1-3H3,(H,16,17). The zero-order valence-corrected chi connectivity index (χ0v) is 10.8. The Morgan fingerprint density at radius 2 is 2.17 bits per heavy atom. The quantitative estimate of drug-likeness (QED) is 0.903. The third kappa shape index (κ3) is 1.94. The maximum absolute atomic E-state index is 11.1. The van der Waals surface area contributed by atoms with E-state index in [-0.39, 0.29) is 0 Å². The smallest absolute Gasteiger partial charge is 0.312 e. The second-order valence-electron chi connectivity index (χ2n) is 4.30. The van der Waals surface area contributed by atoms with Crippen LogP contribution in [0.25, 0.3) is 10.9 Å². The number of nitrogens with zero attached hydrogens (tertiary/aromatic N) is 1. The average molecular weight is 247 g/mol. The number of fused-ring (bicyclic) bond motifs is 1. The summed E-state index contributed by atoms with van der Waals surface area (Å²) in [4.78, 5) is 11.1. The Morgan fingerprint density at radius 3 is 2.72 bits per heavy atom. The Hall–Kier alpha value is -1.97. The van der Waals surface area contributed by atoms with Gasteiger partial charge >= 0.3 is 5.97 Å². The molecule has 0 amide bonds. The van der Waals surface area contributed by atoms with Crippen LogP contribution in [-0.2, 0) is 11.3 Å². The van der Waals surface area contributed by atoms with E-state index in [1.165, 1.54) is 0 Å². The Morgan fingerprint density at radius 1 is 1.44 bits per heavy atom. The van der Waals surface area contributed by atoms with Crippen molar-refractivity contribution in [2.24, 2.45) is 0 Å². The lowest BCUT2D eigenvalue weighted by Gasteiger charge is -2.11. The highest BCUT2D eigenvalue weighted by molar-refractivity contribution is 5.85. The molecule has 96 valence electrons. The molecule has 4 nitrogen and oxygen atoms in total. The number of benzene rings is 1. The van der Waals surface area contributed by atoms with Gasteiger partial charge in [-0.15, -0.1) is 0 Å². The van der Waals surface area contributed by atoms with Crippen LogP contribution in [0.1, 0.15) is 25.5 Å². The Balaban J connectivity index is 2.63. The van der Waals surface area contributed by atoms with E-state index in [4.69, 9.17) is 9.84 Å². The summed E-state index contributed by atoms with van der Waals surface area (Å²) < 4.78 is 7.22. The molecule has 0 bridgehead atoms. The van der Waals surface area contributed by atoms with Crippen molar-refractivity contribution in [3.05, 3.63) is 30.0 Å². The maximum atomic E-state index is 11.1. The fourth-order valence-corrected chi connectivity index (χ4v) is 2.24. The number of carboxylic acid groups (broad SMARTS) is 1. The molecule has 0 aliphatic rings. The zero-order chi connectivity index (χ0) is 13.3. The number of ether oxygens (including phenoxy) is 1. The average Bonchev–Trinajstić information content (AvgIpc) is 2.74. The van der Waals surface area contributed by atoms with Gasteiger partial charge in [-0.05, 0) is 38.1 Å². The van der Waals surface area contributed by atoms with Gasteiger partial charge in [-0.3, -0.25) is 4.79 Å². The number of aromatic nitrogens is 1. The van der Waals surface area contributed by atoms with Crippen LogP contribution in [-0.4, -0.2) is 22.8 Å². The van der Waals surface area contributed by atoms with Crippen LogP contribution in [0.5, 0.6) is 5.75 Å². The normalized spacial score (nSPS) is 12.6. The number of hydrogen-bond donors (Lipinski definition) is 1. The molecule has 0 fully saturated rings. The van der Waals surface area contributed by atoms with Gasteiger partial charge in [-0.2, -0.15) is 0 Å². The SMILES string of the molecule is CCn1c(C(C)C(=O)O)cc2cc(OC)ccc21. The van der Waals surface area contributed by atoms with Crippen molar-refractivity contribution < 1.29 is 14.6 Å². The highest BCUT2D eigenvalue weighted by atomic mass is 16.5. The van der Waals surface area contributed by atoms with E-state index in [9.17, 15) is 4.79 Å². The number of methoxy groups -OCH3 is 1. The number of carboxylic acids is 1. The molecular weight excluding hydrogens is 230 g/mol. The van der Waals surface area contributed by atoms with Crippen LogP contribution in [0.3, 0.4) is 0 Å². The first kappa shape index (κ1) is 12.5. The number of hydrogen-bond acceptors (Lipinski definition) is 2. The molecule has 2 rings (SSSR count). The summed E-state index contributed by atoms with van der Waals surface area (Å²) in [7, 11) is 1.62. The Labute approximate surface area is 106 Å². The van der Waals surface area contributed by atoms with Gasteiger partial charge in [-0.25, -0.2) is 0 Å². The van der Waals surface area contributed by atoms with Gasteiger partial charge in [-0.1, -0.05) is 0 Å². The summed E-state index contributed by atoms with van der Waals surface area (Å²) in [5.41, 5.74) is 1.87. The molecule has 0 radical (unpaired) electrons. The second kappa shape index (κ2) is 4.72. The summed E-state index contributed by atoms with van der Waals surface area (Å²) >= 11 is 0. The highest BCUT2D eigenvalue weighted by Gasteiger charge is 2.19. The number of aliphatic carboxylic acids is 1. The van der Waals surface area contributed by atoms with E-state index in [0.717, 1.165) is 28.9 Å². The largest absolute Gasteiger partial charge is 0.497 e. The van der Waals surface area contributed by atoms with Crippen LogP contribution in [0.2, 0.25) is 0 Å². The Kier molecular flexibility index (Phi) is 3.28. The lowest BCUT2D eigenvalue weighted by atomic mass is 10.1. The van der Waals surface area contributed by atoms with Gasteiger partial charge in [0.1, 0.15) is 5.75 Å². The predicted octanol–water partition coefficient (Wildman–Crippen LogP) is 2.86. The van der Waals surface area contributed by atoms with Crippen molar-refractivity contribution >= 4 is 16.9 Å². The topological polar surface area (TPSA) is 51.5 Å². The van der Waals surface area contributed by atoms with Crippen molar-refractivity contribution in [3.63, 3.8) is 0 Å². The van der Waals surface area contributed by atoms with Gasteiger partial charge in [0.25, 0.3) is 0 Å². The lowest BCUT2D eigenvalue weighted by Crippen LogP contribution is -2.12. The minimum Gasteiger partial charge on any atom is -0.497 e. The summed E-state index contributed by atoms with van der Waals surface area (Å²) in [5.74, 6) is -0.534. The minimum atomic E-state index is -0.806. The third-order valence-corrected chi connectivity index (χ3v) is 3.27. The van der Waals surface area contributed by atoms with Crippen molar-refractivity contribution in [2.75, 3.05) is 7.11 Å². The summed E-state index contributed by atoms with van der Waals surface area (Å²) in [5, 5.41) is 10.2. The first-order valence-corrected chi connectivity index (χ1v) is 5.98. The van der Waals surface area contributed by atoms with E-state index in [2.05, 4.69) is 0 Å². The van der Waals surface area contributed by atoms with Crippen molar-refractivity contribution in [2.45, 2.75) is 26.3 Å². The van der Waals surface area contributed by atoms with Gasteiger partial charge in [0.2, 0.25) is 0 Å². The first-order chi connectivity index (χ1) is 8.58. The van der Waals surface area contributed by atoms with Crippen molar-refractivity contribution in [3.8, 4) is 5.75 Å². The first-order valence-electron chi connectivity index (χ1n) is 5.98. The maximum Gasteiger partial charge on any atom is 0.312 e. The molecule has 0 aliphatic heterocycles. The van der Waals surface area contributed by atoms with Crippen LogP contribution < -0.4 is 4.74 Å². The number of rotatable bonds is 4. The summed E-state index contributed by atoms with van der Waals surface area (Å²) in [6.07, 6.45) is 0. The molecule has 4 heteroatoms. The van der Waals surface area contributed by atoms with Crippen LogP contribution in [0, 0.1) is 0 Å². The molecule has 1 aromatic carbocycles. The molecule has 1 atom stereocenters. The Bertz CT molecular complexity index is 586. The minimum absolute atomic E-state index is 0.511. The van der Waals surface area contributed by atoms with E-state index in [0.29, 0.717) is 0 Å². The van der Waals surface area contributed by atoms with Crippen LogP contribution in [0.4, 0.5) is 0 Å². The summed E-state index contributed by atoms with van der Waals surface area (Å²) in [6, 6.07) is 7.72. The zero-order valence-electron chi connectivity index (χ0n) is 10.8. The van der Waals surface area contributed by atoms with Crippen molar-refractivity contribution in [1.29, 1.82) is 0 Å². The predicted molar refractivity (Wildman–Crippen MR) is 70.2 cm³/mol. The molecule has 0 aliphatic carbocycles. The van der Waals surface area contributed by atoms with E-state index >= 15 is 0 Å². The molecule has 1 heterocycles. The molecule has 0 saturated heterocycles. The van der Waals surface area contributed by atoms with Crippen molar-refractivity contribution in [1.82, 2.24) is 4.57 Å². The van der Waals surface area contributed by atoms with Gasteiger partial charge in [0, 0.05) is 23.1 Å². The van der Waals surface area contributed by atoms with E-state index in [1.54, 1.807) is 14.0 Å². The lowest BCUT2D eigenvalue weighted by molar-refractivity contribution is -0.138. The molecule has 18 heavy (non-hydrogen) atoms. The molecule has 1 aromatic heterocycles. The van der Waals surface area contributed by atoms with Crippen LogP contribution >= 0.6 is 0 Å². The second-order valence-corrected chi connectivity index (χ2v) is 4.30.